The highest BCUT2D eigenvalue weighted by atomic mass is 16.1. The van der Waals surface area contributed by atoms with Crippen LogP contribution in [0.25, 0.3) is 21.8 Å². The van der Waals surface area contributed by atoms with Crippen molar-refractivity contribution in [1.82, 2.24) is 9.55 Å². The normalized spacial score (nSPS) is 11.4. The van der Waals surface area contributed by atoms with Crippen molar-refractivity contribution >= 4 is 21.8 Å². The number of nitrogens with zero attached hydrogens (tertiary/aromatic N) is 1. The smallest absolute Gasteiger partial charge is 0.248 e. The minimum atomic E-state index is -0.0118. The molecule has 0 aliphatic heterocycles. The molecular weight excluding hydrogens is 224 g/mol. The quantitative estimate of drug-likeness (QED) is 0.734. The molecule has 0 aliphatic rings. The summed E-state index contributed by atoms with van der Waals surface area (Å²) in [6, 6.07) is 9.92. The topological polar surface area (TPSA) is 37.8 Å². The summed E-state index contributed by atoms with van der Waals surface area (Å²) >= 11 is 0. The molecule has 0 aliphatic carbocycles. The third-order valence-corrected chi connectivity index (χ3v) is 3.48. The Morgan fingerprint density at radius 1 is 1.22 bits per heavy atom. The number of aryl methyl sites for hydroxylation is 2. The molecule has 0 fully saturated rings. The third kappa shape index (κ3) is 1.47. The Hall–Kier alpha value is -2.03. The molecule has 3 aromatic rings. The number of hydrogen-bond acceptors (Lipinski definition) is 1. The second-order valence-electron chi connectivity index (χ2n) is 4.70. The van der Waals surface area contributed by atoms with Gasteiger partial charge in [-0.15, -0.1) is 0 Å². The first-order chi connectivity index (χ1) is 8.72. The van der Waals surface area contributed by atoms with E-state index in [1.807, 2.05) is 12.1 Å². The Bertz CT molecular complexity index is 780. The minimum Gasteiger partial charge on any atom is -0.342 e. The number of aromatic nitrogens is 2. The molecule has 3 nitrogen and oxygen atoms in total. The molecule has 18 heavy (non-hydrogen) atoms. The highest BCUT2D eigenvalue weighted by molar-refractivity contribution is 6.08. The van der Waals surface area contributed by atoms with Gasteiger partial charge < -0.3 is 9.55 Å². The van der Waals surface area contributed by atoms with E-state index in [2.05, 4.69) is 35.7 Å². The fourth-order valence-electron chi connectivity index (χ4n) is 2.74. The zero-order valence-electron chi connectivity index (χ0n) is 10.7. The van der Waals surface area contributed by atoms with Gasteiger partial charge in [-0.1, -0.05) is 31.5 Å². The van der Waals surface area contributed by atoms with Gasteiger partial charge in [0, 0.05) is 35.1 Å². The number of pyridine rings is 1. The molecule has 2 heterocycles. The molecule has 0 radical (unpaired) electrons. The predicted molar refractivity (Wildman–Crippen MR) is 75.0 cm³/mol. The van der Waals surface area contributed by atoms with Crippen LogP contribution in [0.4, 0.5) is 0 Å². The highest BCUT2D eigenvalue weighted by Crippen LogP contribution is 2.28. The molecule has 0 amide bonds. The van der Waals surface area contributed by atoms with Gasteiger partial charge in [0.2, 0.25) is 5.56 Å². The molecule has 2 aromatic heterocycles. The van der Waals surface area contributed by atoms with Crippen LogP contribution in [0.1, 0.15) is 19.0 Å². The second-order valence-corrected chi connectivity index (χ2v) is 4.70. The van der Waals surface area contributed by atoms with Crippen LogP contribution in [-0.2, 0) is 13.5 Å². The maximum absolute atomic E-state index is 11.8. The average Bonchev–Trinajstić information content (AvgIpc) is 2.64. The summed E-state index contributed by atoms with van der Waals surface area (Å²) in [5.41, 5.74) is 3.35. The van der Waals surface area contributed by atoms with Crippen LogP contribution in [0.15, 0.2) is 35.1 Å². The van der Waals surface area contributed by atoms with E-state index in [0.717, 1.165) is 34.8 Å². The molecule has 0 saturated heterocycles. The standard InChI is InChI=1S/C15H16N2O/c1-3-6-12-15-11(9-14(18)16-12)10-7-4-5-8-13(10)17(15)2/h4-5,7-9H,3,6H2,1-2H3,(H,16,18). The third-order valence-electron chi connectivity index (χ3n) is 3.48. The average molecular weight is 240 g/mol. The SMILES string of the molecule is CCCc1[nH]c(=O)cc2c3ccccc3n(C)c12. The number of H-pyrrole nitrogens is 1. The van der Waals surface area contributed by atoms with Crippen molar-refractivity contribution in [3.05, 3.63) is 46.4 Å². The fourth-order valence-corrected chi connectivity index (χ4v) is 2.74. The van der Waals surface area contributed by atoms with E-state index in [9.17, 15) is 4.79 Å². The van der Waals surface area contributed by atoms with E-state index in [-0.39, 0.29) is 5.56 Å². The Balaban J connectivity index is 2.54. The van der Waals surface area contributed by atoms with Gasteiger partial charge in [-0.25, -0.2) is 0 Å². The summed E-state index contributed by atoms with van der Waals surface area (Å²) in [7, 11) is 2.06. The summed E-state index contributed by atoms with van der Waals surface area (Å²) in [5, 5.41) is 2.21. The van der Waals surface area contributed by atoms with Crippen molar-refractivity contribution in [2.75, 3.05) is 0 Å². The molecule has 0 atom stereocenters. The largest absolute Gasteiger partial charge is 0.342 e. The fraction of sp³-hybridized carbons (Fsp3) is 0.267. The lowest BCUT2D eigenvalue weighted by atomic mass is 10.1. The van der Waals surface area contributed by atoms with E-state index in [0.29, 0.717) is 0 Å². The first-order valence-corrected chi connectivity index (χ1v) is 6.31. The molecule has 1 aromatic carbocycles. The van der Waals surface area contributed by atoms with Gasteiger partial charge >= 0.3 is 0 Å². The van der Waals surface area contributed by atoms with E-state index in [4.69, 9.17) is 0 Å². The molecule has 0 unspecified atom stereocenters. The Labute approximate surface area is 105 Å². The number of hydrogen-bond donors (Lipinski definition) is 1. The first kappa shape index (κ1) is 11.1. The predicted octanol–water partition coefficient (Wildman–Crippen LogP) is 2.97. The van der Waals surface area contributed by atoms with Crippen molar-refractivity contribution in [3.8, 4) is 0 Å². The number of aromatic amines is 1. The minimum absolute atomic E-state index is 0.0118. The van der Waals surface area contributed by atoms with Crippen LogP contribution >= 0.6 is 0 Å². The van der Waals surface area contributed by atoms with Gasteiger partial charge in [-0.3, -0.25) is 4.79 Å². The summed E-state index contributed by atoms with van der Waals surface area (Å²) in [6.45, 7) is 2.12. The molecule has 0 bridgehead atoms. The number of fused-ring (bicyclic) bond motifs is 3. The molecule has 92 valence electrons. The van der Waals surface area contributed by atoms with Gasteiger partial charge in [0.15, 0.2) is 0 Å². The number of para-hydroxylation sites is 1. The number of nitrogens with one attached hydrogen (secondary N) is 1. The molecular formula is C15H16N2O. The van der Waals surface area contributed by atoms with Gasteiger partial charge in [-0.05, 0) is 12.5 Å². The van der Waals surface area contributed by atoms with Crippen molar-refractivity contribution in [2.24, 2.45) is 7.05 Å². The van der Waals surface area contributed by atoms with Crippen LogP contribution < -0.4 is 5.56 Å². The van der Waals surface area contributed by atoms with Crippen molar-refractivity contribution < 1.29 is 0 Å². The summed E-state index contributed by atoms with van der Waals surface area (Å²) in [4.78, 5) is 14.7. The Morgan fingerprint density at radius 3 is 2.78 bits per heavy atom. The van der Waals surface area contributed by atoms with Crippen molar-refractivity contribution in [2.45, 2.75) is 19.8 Å². The summed E-state index contributed by atoms with van der Waals surface area (Å²) < 4.78 is 2.17. The van der Waals surface area contributed by atoms with Crippen molar-refractivity contribution in [1.29, 1.82) is 0 Å². The maximum atomic E-state index is 11.8. The van der Waals surface area contributed by atoms with Gasteiger partial charge in [0.1, 0.15) is 0 Å². The zero-order valence-corrected chi connectivity index (χ0v) is 10.7. The van der Waals surface area contributed by atoms with Crippen LogP contribution in [-0.4, -0.2) is 9.55 Å². The monoisotopic (exact) mass is 240 g/mol. The molecule has 0 spiro atoms. The highest BCUT2D eigenvalue weighted by Gasteiger charge is 2.12. The lowest BCUT2D eigenvalue weighted by molar-refractivity contribution is 0.870. The second kappa shape index (κ2) is 4.02. The van der Waals surface area contributed by atoms with E-state index < -0.39 is 0 Å². The van der Waals surface area contributed by atoms with Crippen LogP contribution in [0.2, 0.25) is 0 Å². The molecule has 1 N–H and O–H groups in total. The van der Waals surface area contributed by atoms with Crippen LogP contribution in [0, 0.1) is 0 Å². The summed E-state index contributed by atoms with van der Waals surface area (Å²) in [5.74, 6) is 0. The summed E-state index contributed by atoms with van der Waals surface area (Å²) in [6.07, 6.45) is 1.92. The van der Waals surface area contributed by atoms with Gasteiger partial charge in [-0.2, -0.15) is 0 Å². The van der Waals surface area contributed by atoms with E-state index in [1.165, 1.54) is 5.52 Å². The Kier molecular flexibility index (Phi) is 2.47. The first-order valence-electron chi connectivity index (χ1n) is 6.31. The van der Waals surface area contributed by atoms with Gasteiger partial charge in [0.25, 0.3) is 0 Å². The van der Waals surface area contributed by atoms with E-state index in [1.54, 1.807) is 6.07 Å². The van der Waals surface area contributed by atoms with E-state index >= 15 is 0 Å². The number of rotatable bonds is 2. The maximum Gasteiger partial charge on any atom is 0.248 e. The van der Waals surface area contributed by atoms with Crippen LogP contribution in [0.3, 0.4) is 0 Å². The molecule has 0 saturated carbocycles. The molecule has 3 rings (SSSR count). The zero-order chi connectivity index (χ0) is 12.7. The van der Waals surface area contributed by atoms with Gasteiger partial charge in [0.05, 0.1) is 5.52 Å². The molecule has 3 heteroatoms. The number of benzene rings is 1. The Morgan fingerprint density at radius 2 is 2.00 bits per heavy atom. The van der Waals surface area contributed by atoms with Crippen molar-refractivity contribution in [3.63, 3.8) is 0 Å². The van der Waals surface area contributed by atoms with Crippen LogP contribution in [0.5, 0.6) is 0 Å². The lowest BCUT2D eigenvalue weighted by Gasteiger charge is -2.04. The lowest BCUT2D eigenvalue weighted by Crippen LogP contribution is -2.08.